The molecular formula is C11H11BrF3NO3. The fraction of sp³-hybridized carbons (Fsp3) is 0.364. The van der Waals surface area contributed by atoms with Gasteiger partial charge in [0.1, 0.15) is 12.3 Å². The van der Waals surface area contributed by atoms with Gasteiger partial charge in [0.05, 0.1) is 12.2 Å². The van der Waals surface area contributed by atoms with Gasteiger partial charge in [-0.1, -0.05) is 15.9 Å². The number of rotatable bonds is 4. The van der Waals surface area contributed by atoms with Crippen molar-refractivity contribution in [2.45, 2.75) is 6.18 Å². The highest BCUT2D eigenvalue weighted by atomic mass is 79.9. The smallest absolute Gasteiger partial charge is 0.406 e. The molecule has 0 heterocycles. The van der Waals surface area contributed by atoms with Gasteiger partial charge in [-0.3, -0.25) is 4.79 Å². The Morgan fingerprint density at radius 1 is 1.37 bits per heavy atom. The number of hydrogen-bond donors (Lipinski definition) is 2. The second-order valence-corrected chi connectivity index (χ2v) is 4.64. The number of halogens is 4. The van der Waals surface area contributed by atoms with Gasteiger partial charge in [-0.2, -0.15) is 13.2 Å². The molecule has 1 aromatic rings. The van der Waals surface area contributed by atoms with E-state index in [0.717, 1.165) is 0 Å². The summed E-state index contributed by atoms with van der Waals surface area (Å²) in [5, 5.41) is 18.2. The molecule has 0 spiro atoms. The molecule has 0 radical (unpaired) electrons. The highest BCUT2D eigenvalue weighted by Crippen LogP contribution is 2.25. The zero-order valence-corrected chi connectivity index (χ0v) is 11.2. The van der Waals surface area contributed by atoms with Gasteiger partial charge >= 0.3 is 6.18 Å². The molecule has 19 heavy (non-hydrogen) atoms. The third-order valence-corrected chi connectivity index (χ3v) is 2.71. The van der Waals surface area contributed by atoms with Gasteiger partial charge in [0.15, 0.2) is 0 Å². The first kappa shape index (κ1) is 15.8. The van der Waals surface area contributed by atoms with Crippen molar-refractivity contribution >= 4 is 21.8 Å². The Hall–Kier alpha value is -1.28. The third-order valence-electron chi connectivity index (χ3n) is 2.22. The molecule has 1 aromatic carbocycles. The number of amides is 1. The summed E-state index contributed by atoms with van der Waals surface area (Å²) in [5.74, 6) is -1.41. The van der Waals surface area contributed by atoms with Crippen molar-refractivity contribution < 1.29 is 28.2 Å². The maximum atomic E-state index is 12.3. The minimum atomic E-state index is -4.58. The quantitative estimate of drug-likeness (QED) is 0.882. The van der Waals surface area contributed by atoms with Crippen molar-refractivity contribution in [2.24, 2.45) is 0 Å². The number of hydrogen-bond acceptors (Lipinski definition) is 3. The molecule has 0 saturated carbocycles. The summed E-state index contributed by atoms with van der Waals surface area (Å²) in [4.78, 5) is 12.4. The Kier molecular flexibility index (Phi) is 5.19. The Morgan fingerprint density at radius 3 is 2.53 bits per heavy atom. The topological polar surface area (TPSA) is 60.8 Å². The first-order chi connectivity index (χ1) is 8.74. The van der Waals surface area contributed by atoms with E-state index in [1.54, 1.807) is 0 Å². The van der Waals surface area contributed by atoms with Gasteiger partial charge in [-0.15, -0.1) is 0 Å². The molecule has 106 valence electrons. The molecule has 0 fully saturated rings. The molecule has 0 aliphatic heterocycles. The number of benzene rings is 1. The van der Waals surface area contributed by atoms with E-state index in [9.17, 15) is 23.1 Å². The highest BCUT2D eigenvalue weighted by Gasteiger charge is 2.33. The van der Waals surface area contributed by atoms with Crippen LogP contribution >= 0.6 is 15.9 Å². The van der Waals surface area contributed by atoms with Crippen molar-refractivity contribution in [3.63, 3.8) is 0 Å². The number of nitrogens with zero attached hydrogens (tertiary/aromatic N) is 1. The predicted molar refractivity (Wildman–Crippen MR) is 64.9 cm³/mol. The van der Waals surface area contributed by atoms with Crippen LogP contribution in [-0.2, 0) is 0 Å². The molecule has 2 N–H and O–H groups in total. The number of aliphatic hydroxyl groups excluding tert-OH is 1. The maximum absolute atomic E-state index is 12.3. The third kappa shape index (κ3) is 4.71. The van der Waals surface area contributed by atoms with Crippen molar-refractivity contribution in [3.8, 4) is 5.75 Å². The molecule has 0 unspecified atom stereocenters. The summed E-state index contributed by atoms with van der Waals surface area (Å²) in [6, 6.07) is 3.87. The summed E-state index contributed by atoms with van der Waals surface area (Å²) in [5.41, 5.74) is -0.257. The lowest BCUT2D eigenvalue weighted by molar-refractivity contribution is -0.141. The van der Waals surface area contributed by atoms with Gasteiger partial charge in [-0.05, 0) is 18.2 Å². The van der Waals surface area contributed by atoms with Crippen molar-refractivity contribution in [1.82, 2.24) is 4.90 Å². The number of aromatic hydroxyl groups is 1. The van der Waals surface area contributed by atoms with Crippen LogP contribution < -0.4 is 0 Å². The van der Waals surface area contributed by atoms with E-state index in [1.165, 1.54) is 18.2 Å². The summed E-state index contributed by atoms with van der Waals surface area (Å²) in [7, 11) is 0. The lowest BCUT2D eigenvalue weighted by atomic mass is 10.1. The zero-order valence-electron chi connectivity index (χ0n) is 9.62. The van der Waals surface area contributed by atoms with E-state index in [1.807, 2.05) is 0 Å². The lowest BCUT2D eigenvalue weighted by Gasteiger charge is -2.23. The average Bonchev–Trinajstić information content (AvgIpc) is 2.29. The van der Waals surface area contributed by atoms with E-state index in [-0.39, 0.29) is 5.56 Å². The van der Waals surface area contributed by atoms with Gasteiger partial charge in [0.25, 0.3) is 5.91 Å². The van der Waals surface area contributed by atoms with E-state index in [0.29, 0.717) is 9.37 Å². The van der Waals surface area contributed by atoms with E-state index >= 15 is 0 Å². The van der Waals surface area contributed by atoms with Crippen molar-refractivity contribution in [3.05, 3.63) is 28.2 Å². The summed E-state index contributed by atoms with van der Waals surface area (Å²) >= 11 is 3.06. The van der Waals surface area contributed by atoms with Crippen molar-refractivity contribution in [2.75, 3.05) is 19.7 Å². The normalized spacial score (nSPS) is 11.4. The van der Waals surface area contributed by atoms with E-state index in [2.05, 4.69) is 15.9 Å². The van der Waals surface area contributed by atoms with Crippen molar-refractivity contribution in [1.29, 1.82) is 0 Å². The van der Waals surface area contributed by atoms with Gasteiger partial charge in [0.2, 0.25) is 0 Å². The molecule has 4 nitrogen and oxygen atoms in total. The predicted octanol–water partition coefficient (Wildman–Crippen LogP) is 2.15. The Labute approximate surface area is 115 Å². The maximum Gasteiger partial charge on any atom is 0.406 e. The highest BCUT2D eigenvalue weighted by molar-refractivity contribution is 9.10. The molecule has 8 heteroatoms. The van der Waals surface area contributed by atoms with Crippen LogP contribution in [0.5, 0.6) is 5.75 Å². The number of carbonyl (C=O) groups excluding carboxylic acids is 1. The number of alkyl halides is 3. The first-order valence-electron chi connectivity index (χ1n) is 5.20. The number of phenolic OH excluding ortho intramolecular Hbond substituents is 1. The largest absolute Gasteiger partial charge is 0.507 e. The fourth-order valence-electron chi connectivity index (χ4n) is 1.44. The second-order valence-electron chi connectivity index (χ2n) is 3.73. The average molecular weight is 342 g/mol. The zero-order chi connectivity index (χ0) is 14.6. The lowest BCUT2D eigenvalue weighted by Crippen LogP contribution is -2.40. The molecule has 1 rings (SSSR count). The van der Waals surface area contributed by atoms with Gasteiger partial charge < -0.3 is 15.1 Å². The Bertz CT molecular complexity index is 465. The van der Waals surface area contributed by atoms with Crippen LogP contribution in [0.4, 0.5) is 13.2 Å². The van der Waals surface area contributed by atoms with Crippen LogP contribution in [0.25, 0.3) is 0 Å². The molecule has 0 aliphatic rings. The molecule has 0 atom stereocenters. The monoisotopic (exact) mass is 341 g/mol. The number of carbonyl (C=O) groups is 1. The molecule has 0 bridgehead atoms. The molecular weight excluding hydrogens is 331 g/mol. The Balaban J connectivity index is 3.02. The first-order valence-corrected chi connectivity index (χ1v) is 5.99. The fourth-order valence-corrected chi connectivity index (χ4v) is 1.80. The second kappa shape index (κ2) is 6.25. The van der Waals surface area contributed by atoms with Crippen LogP contribution in [0.2, 0.25) is 0 Å². The molecule has 1 amide bonds. The van der Waals surface area contributed by atoms with Crippen LogP contribution in [0, 0.1) is 0 Å². The summed E-state index contributed by atoms with van der Waals surface area (Å²) in [6.07, 6.45) is -4.58. The van der Waals surface area contributed by atoms with Crippen LogP contribution in [0.3, 0.4) is 0 Å². The minimum Gasteiger partial charge on any atom is -0.507 e. The van der Waals surface area contributed by atoms with E-state index < -0.39 is 37.5 Å². The van der Waals surface area contributed by atoms with Crippen LogP contribution in [0.1, 0.15) is 10.4 Å². The van der Waals surface area contributed by atoms with Crippen LogP contribution in [-0.4, -0.2) is 46.9 Å². The standard InChI is InChI=1S/C11H11BrF3NO3/c12-7-1-2-9(18)8(5-7)10(19)16(3-4-17)6-11(13,14)15/h1-2,5,17-18H,3-4,6H2. The summed E-state index contributed by atoms with van der Waals surface area (Å²) < 4.78 is 37.5. The summed E-state index contributed by atoms with van der Waals surface area (Å²) in [6.45, 7) is -2.56. The van der Waals surface area contributed by atoms with Gasteiger partial charge in [-0.25, -0.2) is 0 Å². The number of phenols is 1. The van der Waals surface area contributed by atoms with Gasteiger partial charge in [0, 0.05) is 11.0 Å². The molecule has 0 aromatic heterocycles. The van der Waals surface area contributed by atoms with Crippen LogP contribution in [0.15, 0.2) is 22.7 Å². The van der Waals surface area contributed by atoms with E-state index in [4.69, 9.17) is 5.11 Å². The molecule has 0 saturated heterocycles. The molecule has 0 aliphatic carbocycles. The number of aliphatic hydroxyl groups is 1. The Morgan fingerprint density at radius 2 is 2.00 bits per heavy atom. The minimum absolute atomic E-state index is 0.257. The SMILES string of the molecule is O=C(c1cc(Br)ccc1O)N(CCO)CC(F)(F)F.